The summed E-state index contributed by atoms with van der Waals surface area (Å²) in [7, 11) is 0. The molecule has 2 aliphatic heterocycles. The van der Waals surface area contributed by atoms with Gasteiger partial charge in [-0.05, 0) is 18.6 Å². The second-order valence-electron chi connectivity index (χ2n) is 3.69. The topological polar surface area (TPSA) is 61.8 Å². The van der Waals surface area contributed by atoms with Gasteiger partial charge in [0.1, 0.15) is 17.9 Å². The molecule has 0 amide bonds. The highest BCUT2D eigenvalue weighted by Gasteiger charge is 2.33. The van der Waals surface area contributed by atoms with Crippen LogP contribution in [-0.4, -0.2) is 18.7 Å². The second kappa shape index (κ2) is 2.98. The average Bonchev–Trinajstić information content (AvgIpc) is 2.64. The van der Waals surface area contributed by atoms with Crippen LogP contribution in [0.5, 0.6) is 5.75 Å². The van der Waals surface area contributed by atoms with Crippen molar-refractivity contribution < 1.29 is 23.8 Å². The van der Waals surface area contributed by atoms with Crippen LogP contribution in [-0.2, 0) is 16.1 Å². The van der Waals surface area contributed by atoms with Gasteiger partial charge in [-0.25, -0.2) is 9.59 Å². The van der Waals surface area contributed by atoms with Gasteiger partial charge in [-0.3, -0.25) is 0 Å². The largest absolute Gasteiger partial charge is 0.457 e. The summed E-state index contributed by atoms with van der Waals surface area (Å²) < 4.78 is 15.0. The predicted octanol–water partition coefficient (Wildman–Crippen LogP) is 1.17. The van der Waals surface area contributed by atoms with E-state index in [0.29, 0.717) is 28.0 Å². The first-order valence-electron chi connectivity index (χ1n) is 4.82. The number of carbonyl (C=O) groups excluding carboxylic acids is 2. The maximum atomic E-state index is 11.5. The van der Waals surface area contributed by atoms with E-state index in [1.807, 2.05) is 0 Å². The third kappa shape index (κ3) is 1.05. The van der Waals surface area contributed by atoms with Crippen LogP contribution in [0.25, 0.3) is 0 Å². The maximum absolute atomic E-state index is 11.5. The van der Waals surface area contributed by atoms with Crippen molar-refractivity contribution in [3.05, 3.63) is 28.3 Å². The minimum absolute atomic E-state index is 0.116. The van der Waals surface area contributed by atoms with Crippen molar-refractivity contribution >= 4 is 11.9 Å². The number of carbonyl (C=O) groups is 2. The third-order valence-corrected chi connectivity index (χ3v) is 2.74. The van der Waals surface area contributed by atoms with Crippen molar-refractivity contribution in [3.63, 3.8) is 0 Å². The van der Waals surface area contributed by atoms with Crippen LogP contribution in [0, 0.1) is 6.92 Å². The Labute approximate surface area is 90.9 Å². The molecule has 2 aliphatic rings. The molecule has 3 rings (SSSR count). The molecule has 0 spiro atoms. The molecule has 5 heteroatoms. The van der Waals surface area contributed by atoms with Gasteiger partial charge in [-0.1, -0.05) is 0 Å². The first kappa shape index (κ1) is 9.21. The number of esters is 2. The van der Waals surface area contributed by atoms with Gasteiger partial charge < -0.3 is 14.2 Å². The van der Waals surface area contributed by atoms with Crippen molar-refractivity contribution in [1.29, 1.82) is 0 Å². The number of ether oxygens (including phenoxy) is 3. The molecule has 0 unspecified atom stereocenters. The molecular weight excluding hydrogens is 212 g/mol. The minimum Gasteiger partial charge on any atom is -0.457 e. The van der Waals surface area contributed by atoms with Crippen LogP contribution in [0.1, 0.15) is 31.8 Å². The molecule has 16 heavy (non-hydrogen) atoms. The zero-order valence-corrected chi connectivity index (χ0v) is 8.53. The molecule has 0 saturated carbocycles. The molecule has 5 nitrogen and oxygen atoms in total. The van der Waals surface area contributed by atoms with E-state index in [9.17, 15) is 9.59 Å². The van der Waals surface area contributed by atoms with Crippen LogP contribution in [0.4, 0.5) is 0 Å². The van der Waals surface area contributed by atoms with Gasteiger partial charge in [-0.15, -0.1) is 0 Å². The molecule has 0 fully saturated rings. The van der Waals surface area contributed by atoms with Crippen LogP contribution in [0.15, 0.2) is 6.07 Å². The molecule has 1 aromatic rings. The first-order valence-corrected chi connectivity index (χ1v) is 4.82. The van der Waals surface area contributed by atoms with Crippen molar-refractivity contribution in [3.8, 4) is 5.75 Å². The van der Waals surface area contributed by atoms with Gasteiger partial charge in [0.2, 0.25) is 6.79 Å². The number of benzene rings is 1. The van der Waals surface area contributed by atoms with Gasteiger partial charge in [0.05, 0.1) is 5.56 Å². The standard InChI is InChI=1S/C11H8O5/c1-5-2-6-9(15-4-16-10(6)12)7-3-14-11(13)8(5)7/h2H,3-4H2,1H3. The highest BCUT2D eigenvalue weighted by molar-refractivity contribution is 6.01. The van der Waals surface area contributed by atoms with E-state index in [0.717, 1.165) is 0 Å². The molecule has 0 N–H and O–H groups in total. The first-order chi connectivity index (χ1) is 7.68. The number of rotatable bonds is 0. The number of hydrogen-bond donors (Lipinski definition) is 0. The van der Waals surface area contributed by atoms with E-state index in [-0.39, 0.29) is 19.4 Å². The summed E-state index contributed by atoms with van der Waals surface area (Å²) in [4.78, 5) is 23.0. The van der Waals surface area contributed by atoms with Crippen LogP contribution < -0.4 is 4.74 Å². The van der Waals surface area contributed by atoms with E-state index in [1.165, 1.54) is 0 Å². The zero-order chi connectivity index (χ0) is 11.3. The van der Waals surface area contributed by atoms with Crippen LogP contribution in [0.3, 0.4) is 0 Å². The normalized spacial score (nSPS) is 17.1. The summed E-state index contributed by atoms with van der Waals surface area (Å²) in [6.45, 7) is 1.80. The number of aryl methyl sites for hydroxylation is 1. The Balaban J connectivity index is 2.31. The fourth-order valence-electron chi connectivity index (χ4n) is 2.04. The van der Waals surface area contributed by atoms with Gasteiger partial charge >= 0.3 is 11.9 Å². The smallest absolute Gasteiger partial charge is 0.344 e. The van der Waals surface area contributed by atoms with Crippen molar-refractivity contribution in [2.45, 2.75) is 13.5 Å². The van der Waals surface area contributed by atoms with Crippen molar-refractivity contribution in [1.82, 2.24) is 0 Å². The molecular formula is C11H8O5. The Hall–Kier alpha value is -2.04. The lowest BCUT2D eigenvalue weighted by Gasteiger charge is -2.19. The number of hydrogen-bond acceptors (Lipinski definition) is 5. The Kier molecular flexibility index (Phi) is 1.71. The van der Waals surface area contributed by atoms with Crippen molar-refractivity contribution in [2.24, 2.45) is 0 Å². The summed E-state index contributed by atoms with van der Waals surface area (Å²) in [5.41, 5.74) is 2.23. The molecule has 0 aromatic heterocycles. The van der Waals surface area contributed by atoms with Gasteiger partial charge in [0.15, 0.2) is 0 Å². The Morgan fingerprint density at radius 3 is 2.75 bits per heavy atom. The van der Waals surface area contributed by atoms with Crippen LogP contribution in [0.2, 0.25) is 0 Å². The van der Waals surface area contributed by atoms with Crippen molar-refractivity contribution in [2.75, 3.05) is 6.79 Å². The Morgan fingerprint density at radius 2 is 1.94 bits per heavy atom. The SMILES string of the molecule is Cc1cc2c(c3c1C(=O)OC3)OCOC2=O. The summed E-state index contributed by atoms with van der Waals surface area (Å²) in [5.74, 6) is -0.368. The zero-order valence-electron chi connectivity index (χ0n) is 8.53. The summed E-state index contributed by atoms with van der Waals surface area (Å²) >= 11 is 0. The number of fused-ring (bicyclic) bond motifs is 3. The minimum atomic E-state index is -0.425. The lowest BCUT2D eigenvalue weighted by Crippen LogP contribution is -2.20. The quantitative estimate of drug-likeness (QED) is 0.614. The molecule has 0 atom stereocenters. The van der Waals surface area contributed by atoms with Gasteiger partial charge in [0, 0.05) is 5.56 Å². The summed E-state index contributed by atoms with van der Waals surface area (Å²) in [6, 6.07) is 1.60. The maximum Gasteiger partial charge on any atom is 0.344 e. The highest BCUT2D eigenvalue weighted by atomic mass is 16.7. The Morgan fingerprint density at radius 1 is 1.12 bits per heavy atom. The fraction of sp³-hybridized carbons (Fsp3) is 0.273. The second-order valence-corrected chi connectivity index (χ2v) is 3.69. The molecule has 0 bridgehead atoms. The number of cyclic esters (lactones) is 2. The lowest BCUT2D eigenvalue weighted by molar-refractivity contribution is 0.00425. The molecule has 0 aliphatic carbocycles. The summed E-state index contributed by atoms with van der Waals surface area (Å²) in [6.07, 6.45) is 0. The average molecular weight is 220 g/mol. The highest BCUT2D eigenvalue weighted by Crippen LogP contribution is 2.37. The monoisotopic (exact) mass is 220 g/mol. The third-order valence-electron chi connectivity index (χ3n) is 2.74. The molecule has 0 saturated heterocycles. The molecule has 2 heterocycles. The molecule has 1 aromatic carbocycles. The van der Waals surface area contributed by atoms with Gasteiger partial charge in [-0.2, -0.15) is 0 Å². The van der Waals surface area contributed by atoms with E-state index >= 15 is 0 Å². The molecule has 82 valence electrons. The Bertz CT molecular complexity index is 518. The van der Waals surface area contributed by atoms with E-state index in [1.54, 1.807) is 13.0 Å². The van der Waals surface area contributed by atoms with Gasteiger partial charge in [0.25, 0.3) is 0 Å². The predicted molar refractivity (Wildman–Crippen MR) is 51.2 cm³/mol. The molecule has 0 radical (unpaired) electrons. The van der Waals surface area contributed by atoms with E-state index < -0.39 is 5.97 Å². The van der Waals surface area contributed by atoms with E-state index in [4.69, 9.17) is 14.2 Å². The van der Waals surface area contributed by atoms with Crippen LogP contribution >= 0.6 is 0 Å². The van der Waals surface area contributed by atoms with E-state index in [2.05, 4.69) is 0 Å². The summed E-state index contributed by atoms with van der Waals surface area (Å²) in [5, 5.41) is 0. The fourth-order valence-corrected chi connectivity index (χ4v) is 2.04. The lowest BCUT2D eigenvalue weighted by atomic mass is 9.98.